The molecule has 24 heavy (non-hydrogen) atoms. The van der Waals surface area contributed by atoms with E-state index in [2.05, 4.69) is 0 Å². The zero-order valence-electron chi connectivity index (χ0n) is 13.7. The van der Waals surface area contributed by atoms with Crippen LogP contribution in [0.25, 0.3) is 11.3 Å². The Morgan fingerprint density at radius 2 is 1.92 bits per heavy atom. The molecule has 1 heterocycles. The third-order valence-electron chi connectivity index (χ3n) is 4.09. The Morgan fingerprint density at radius 1 is 1.21 bits per heavy atom. The van der Waals surface area contributed by atoms with Gasteiger partial charge in [-0.3, -0.25) is 10.5 Å². The maximum absolute atomic E-state index is 12.5. The molecule has 0 aliphatic rings. The topological polar surface area (TPSA) is 51.9 Å². The Kier molecular flexibility index (Phi) is 4.40. The van der Waals surface area contributed by atoms with E-state index >= 15 is 0 Å². The van der Waals surface area contributed by atoms with Crippen molar-refractivity contribution in [2.75, 3.05) is 5.73 Å². The first-order chi connectivity index (χ1) is 11.5. The summed E-state index contributed by atoms with van der Waals surface area (Å²) in [5, 5.41) is 0.662. The molecule has 1 aromatic heterocycles. The SMILES string of the molecule is Cc1ccc(C(=O)C[n+]2cc(-c3cccc(Cl)c3)n(C)c2N)cc1. The monoisotopic (exact) mass is 340 g/mol. The number of benzene rings is 2. The minimum Gasteiger partial charge on any atom is -0.291 e. The van der Waals surface area contributed by atoms with Crippen LogP contribution in [-0.4, -0.2) is 10.4 Å². The fourth-order valence-corrected chi connectivity index (χ4v) is 2.83. The second kappa shape index (κ2) is 6.49. The molecule has 0 unspecified atom stereocenters. The van der Waals surface area contributed by atoms with Crippen LogP contribution in [0.15, 0.2) is 54.7 Å². The molecule has 0 atom stereocenters. The van der Waals surface area contributed by atoms with Crippen LogP contribution < -0.4 is 10.3 Å². The van der Waals surface area contributed by atoms with Gasteiger partial charge in [0.05, 0.1) is 7.05 Å². The van der Waals surface area contributed by atoms with Gasteiger partial charge >= 0.3 is 5.95 Å². The minimum absolute atomic E-state index is 0.0231. The number of ketones is 1. The lowest BCUT2D eigenvalue weighted by Crippen LogP contribution is -2.39. The van der Waals surface area contributed by atoms with E-state index in [1.807, 2.05) is 73.3 Å². The van der Waals surface area contributed by atoms with E-state index in [0.717, 1.165) is 16.8 Å². The second-order valence-corrected chi connectivity index (χ2v) is 6.30. The average Bonchev–Trinajstić information content (AvgIpc) is 2.84. The number of hydrogen-bond acceptors (Lipinski definition) is 2. The molecular formula is C19H19ClN3O+. The van der Waals surface area contributed by atoms with Gasteiger partial charge in [0.1, 0.15) is 18.4 Å². The number of rotatable bonds is 4. The van der Waals surface area contributed by atoms with Crippen molar-refractivity contribution in [2.24, 2.45) is 7.05 Å². The molecule has 0 spiro atoms. The summed E-state index contributed by atoms with van der Waals surface area (Å²) >= 11 is 6.07. The first-order valence-corrected chi connectivity index (χ1v) is 8.04. The summed E-state index contributed by atoms with van der Waals surface area (Å²) in [7, 11) is 1.87. The minimum atomic E-state index is 0.0231. The molecule has 4 nitrogen and oxygen atoms in total. The normalized spacial score (nSPS) is 10.8. The number of aromatic nitrogens is 2. The molecule has 122 valence electrons. The highest BCUT2D eigenvalue weighted by atomic mass is 35.5. The number of anilines is 1. The van der Waals surface area contributed by atoms with Crippen molar-refractivity contribution in [3.8, 4) is 11.3 Å². The van der Waals surface area contributed by atoms with E-state index in [1.54, 1.807) is 4.57 Å². The fraction of sp³-hybridized carbons (Fsp3) is 0.158. The summed E-state index contributed by atoms with van der Waals surface area (Å²) < 4.78 is 3.62. The number of nitrogens with two attached hydrogens (primary N) is 1. The lowest BCUT2D eigenvalue weighted by Gasteiger charge is -2.01. The molecular weight excluding hydrogens is 322 g/mol. The number of nitrogens with zero attached hydrogens (tertiary/aromatic N) is 2. The van der Waals surface area contributed by atoms with Gasteiger partial charge < -0.3 is 0 Å². The quantitative estimate of drug-likeness (QED) is 0.584. The van der Waals surface area contributed by atoms with E-state index in [-0.39, 0.29) is 12.3 Å². The van der Waals surface area contributed by atoms with Crippen molar-refractivity contribution in [1.82, 2.24) is 4.57 Å². The molecule has 2 aromatic carbocycles. The summed E-state index contributed by atoms with van der Waals surface area (Å²) in [5.74, 6) is 0.542. The van der Waals surface area contributed by atoms with Crippen LogP contribution in [0.5, 0.6) is 0 Å². The molecule has 0 saturated carbocycles. The molecule has 0 aliphatic carbocycles. The Balaban J connectivity index is 1.91. The fourth-order valence-electron chi connectivity index (χ4n) is 2.64. The molecule has 0 bridgehead atoms. The highest BCUT2D eigenvalue weighted by molar-refractivity contribution is 6.30. The summed E-state index contributed by atoms with van der Waals surface area (Å²) in [6.07, 6.45) is 1.88. The lowest BCUT2D eigenvalue weighted by molar-refractivity contribution is -0.667. The summed E-state index contributed by atoms with van der Waals surface area (Å²) in [4.78, 5) is 12.5. The standard InChI is InChI=1S/C19H18ClN3O/c1-13-6-8-14(9-7-13)18(24)12-23-11-17(22(2)19(23)21)15-4-3-5-16(20)10-15/h3-11,21H,12H2,1-2H3/p+1. The summed E-state index contributed by atoms with van der Waals surface area (Å²) in [6.45, 7) is 2.19. The highest BCUT2D eigenvalue weighted by Crippen LogP contribution is 2.23. The number of carbonyl (C=O) groups is 1. The third kappa shape index (κ3) is 3.19. The third-order valence-corrected chi connectivity index (χ3v) is 4.32. The van der Waals surface area contributed by atoms with Crippen LogP contribution in [0.2, 0.25) is 5.02 Å². The largest absolute Gasteiger partial charge is 0.355 e. The first kappa shape index (κ1) is 16.3. The van der Waals surface area contributed by atoms with Crippen molar-refractivity contribution < 1.29 is 9.36 Å². The zero-order valence-corrected chi connectivity index (χ0v) is 14.4. The molecule has 0 radical (unpaired) electrons. The van der Waals surface area contributed by atoms with Crippen molar-refractivity contribution >= 4 is 23.3 Å². The summed E-state index contributed by atoms with van der Waals surface area (Å²) in [6, 6.07) is 15.1. The molecule has 0 fully saturated rings. The van der Waals surface area contributed by atoms with Crippen LogP contribution in [0.3, 0.4) is 0 Å². The Bertz CT molecular complexity index is 897. The Hall–Kier alpha value is -2.59. The number of aryl methyl sites for hydroxylation is 1. The van der Waals surface area contributed by atoms with E-state index in [9.17, 15) is 4.79 Å². The highest BCUT2D eigenvalue weighted by Gasteiger charge is 2.20. The van der Waals surface area contributed by atoms with Gasteiger partial charge in [0.25, 0.3) is 0 Å². The Morgan fingerprint density at radius 3 is 2.58 bits per heavy atom. The number of carbonyl (C=O) groups excluding carboxylic acids is 1. The van der Waals surface area contributed by atoms with Crippen molar-refractivity contribution in [3.63, 3.8) is 0 Å². The van der Waals surface area contributed by atoms with Gasteiger partial charge in [-0.2, -0.15) is 0 Å². The number of halogens is 1. The lowest BCUT2D eigenvalue weighted by atomic mass is 10.1. The number of imidazole rings is 1. The van der Waals surface area contributed by atoms with E-state index in [4.69, 9.17) is 17.3 Å². The molecule has 2 N–H and O–H groups in total. The van der Waals surface area contributed by atoms with Gasteiger partial charge in [-0.15, -0.1) is 0 Å². The van der Waals surface area contributed by atoms with Gasteiger partial charge in [-0.25, -0.2) is 9.13 Å². The van der Waals surface area contributed by atoms with Crippen molar-refractivity contribution in [3.05, 3.63) is 70.9 Å². The second-order valence-electron chi connectivity index (χ2n) is 5.86. The van der Waals surface area contributed by atoms with Crippen LogP contribution in [0.4, 0.5) is 5.95 Å². The average molecular weight is 341 g/mol. The molecule has 0 aliphatic heterocycles. The van der Waals surface area contributed by atoms with Crippen LogP contribution in [0, 0.1) is 6.92 Å². The van der Waals surface area contributed by atoms with Gasteiger partial charge in [-0.05, 0) is 19.1 Å². The van der Waals surface area contributed by atoms with Gasteiger partial charge in [0.15, 0.2) is 5.78 Å². The van der Waals surface area contributed by atoms with Crippen LogP contribution in [-0.2, 0) is 13.6 Å². The molecule has 3 rings (SSSR count). The number of nitrogen functional groups attached to an aromatic ring is 1. The first-order valence-electron chi connectivity index (χ1n) is 7.66. The van der Waals surface area contributed by atoms with Crippen molar-refractivity contribution in [2.45, 2.75) is 13.5 Å². The number of Topliss-reactive ketones (excluding diaryl/α,β-unsaturated/α-hetero) is 1. The van der Waals surface area contributed by atoms with E-state index < -0.39 is 0 Å². The van der Waals surface area contributed by atoms with E-state index in [1.165, 1.54) is 0 Å². The predicted octanol–water partition coefficient (Wildman–Crippen LogP) is 3.41. The molecule has 0 saturated heterocycles. The van der Waals surface area contributed by atoms with Crippen LogP contribution in [0.1, 0.15) is 15.9 Å². The van der Waals surface area contributed by atoms with E-state index in [0.29, 0.717) is 16.5 Å². The van der Waals surface area contributed by atoms with Crippen molar-refractivity contribution in [1.29, 1.82) is 0 Å². The maximum Gasteiger partial charge on any atom is 0.355 e. The van der Waals surface area contributed by atoms with Gasteiger partial charge in [-0.1, -0.05) is 53.6 Å². The summed E-state index contributed by atoms with van der Waals surface area (Å²) in [5.41, 5.74) is 9.84. The van der Waals surface area contributed by atoms with Gasteiger partial charge in [0, 0.05) is 16.1 Å². The predicted molar refractivity (Wildman–Crippen MR) is 96.0 cm³/mol. The maximum atomic E-state index is 12.5. The molecule has 0 amide bonds. The van der Waals surface area contributed by atoms with Crippen LogP contribution >= 0.6 is 11.6 Å². The Labute approximate surface area is 146 Å². The molecule has 5 heteroatoms. The van der Waals surface area contributed by atoms with Gasteiger partial charge in [0.2, 0.25) is 0 Å². The zero-order chi connectivity index (χ0) is 17.3. The number of hydrogen-bond donors (Lipinski definition) is 1. The smallest absolute Gasteiger partial charge is 0.291 e. The molecule has 3 aromatic rings.